The number of fused-ring (bicyclic) bond motifs is 1. The van der Waals surface area contributed by atoms with Crippen LogP contribution in [-0.2, 0) is 0 Å². The Kier molecular flexibility index (Phi) is 4.49. The molecule has 1 unspecified atom stereocenters. The lowest BCUT2D eigenvalue weighted by atomic mass is 9.87. The molecule has 0 bridgehead atoms. The van der Waals surface area contributed by atoms with Crippen LogP contribution in [0, 0.1) is 6.92 Å². The molecule has 0 fully saturated rings. The van der Waals surface area contributed by atoms with Gasteiger partial charge in [-0.25, -0.2) is 0 Å². The van der Waals surface area contributed by atoms with Crippen LogP contribution in [0.4, 0.5) is 0 Å². The molecule has 23 heavy (non-hydrogen) atoms. The van der Waals surface area contributed by atoms with E-state index in [2.05, 4.69) is 60.1 Å². The number of hydrogen-bond donors (Lipinski definition) is 3. The summed E-state index contributed by atoms with van der Waals surface area (Å²) in [5.74, 6) is 0.144. The highest BCUT2D eigenvalue weighted by Gasteiger charge is 2.21. The summed E-state index contributed by atoms with van der Waals surface area (Å²) >= 11 is 0. The molecule has 3 nitrogen and oxygen atoms in total. The van der Waals surface area contributed by atoms with E-state index in [9.17, 15) is 5.11 Å². The van der Waals surface area contributed by atoms with Crippen LogP contribution in [-0.4, -0.2) is 21.7 Å². The van der Waals surface area contributed by atoms with Gasteiger partial charge in [0.15, 0.2) is 0 Å². The van der Waals surface area contributed by atoms with Crippen molar-refractivity contribution in [3.63, 3.8) is 0 Å². The normalized spacial score (nSPS) is 13.0. The smallest absolute Gasteiger partial charge is 0.0457 e. The number of para-hydroxylation sites is 1. The van der Waals surface area contributed by atoms with Crippen LogP contribution in [0.1, 0.15) is 34.7 Å². The Morgan fingerprint density at radius 2 is 1.96 bits per heavy atom. The van der Waals surface area contributed by atoms with Gasteiger partial charge in [-0.1, -0.05) is 43.0 Å². The van der Waals surface area contributed by atoms with Crippen LogP contribution in [0.2, 0.25) is 0 Å². The van der Waals surface area contributed by atoms with Crippen molar-refractivity contribution in [1.29, 1.82) is 0 Å². The minimum Gasteiger partial charge on any atom is -0.396 e. The molecule has 3 heteroatoms. The number of allylic oxidation sites excluding steroid dienone is 2. The van der Waals surface area contributed by atoms with Crippen molar-refractivity contribution in [3.8, 4) is 0 Å². The molecule has 0 aliphatic rings. The second kappa shape index (κ2) is 6.71. The lowest BCUT2D eigenvalue weighted by molar-refractivity contribution is 0.282. The molecular weight excluding hydrogens is 284 g/mol. The summed E-state index contributed by atoms with van der Waals surface area (Å²) in [6, 6.07) is 8.29. The van der Waals surface area contributed by atoms with Gasteiger partial charge in [-0.2, -0.15) is 0 Å². The van der Waals surface area contributed by atoms with E-state index in [0.717, 1.165) is 11.2 Å². The molecule has 2 aromatic heterocycles. The molecule has 1 aromatic carbocycles. The van der Waals surface area contributed by atoms with Gasteiger partial charge in [0.2, 0.25) is 0 Å². The number of aliphatic hydroxyl groups excluding tert-OH is 1. The molecule has 0 aliphatic heterocycles. The van der Waals surface area contributed by atoms with E-state index >= 15 is 0 Å². The fraction of sp³-hybridized carbons (Fsp3) is 0.200. The Morgan fingerprint density at radius 1 is 1.17 bits per heavy atom. The molecule has 0 saturated heterocycles. The number of aromatic amines is 2. The van der Waals surface area contributed by atoms with Crippen LogP contribution in [0.25, 0.3) is 17.0 Å². The molecule has 0 aliphatic carbocycles. The summed E-state index contributed by atoms with van der Waals surface area (Å²) in [6.07, 6.45) is 10.6. The predicted octanol–water partition coefficient (Wildman–Crippen LogP) is 4.52. The summed E-state index contributed by atoms with van der Waals surface area (Å²) in [7, 11) is 0. The van der Waals surface area contributed by atoms with Crippen molar-refractivity contribution in [3.05, 3.63) is 77.8 Å². The molecule has 118 valence electrons. The largest absolute Gasteiger partial charge is 0.396 e. The van der Waals surface area contributed by atoms with E-state index in [0.29, 0.717) is 6.42 Å². The number of aromatic nitrogens is 2. The van der Waals surface area contributed by atoms with Gasteiger partial charge in [-0.15, -0.1) is 0 Å². The van der Waals surface area contributed by atoms with Crippen molar-refractivity contribution < 1.29 is 5.11 Å². The molecule has 3 rings (SSSR count). The van der Waals surface area contributed by atoms with Crippen molar-refractivity contribution in [2.24, 2.45) is 0 Å². The molecule has 1 atom stereocenters. The number of aryl methyl sites for hydroxylation is 1. The Bertz CT molecular complexity index is 838. The van der Waals surface area contributed by atoms with E-state index in [4.69, 9.17) is 0 Å². The van der Waals surface area contributed by atoms with Gasteiger partial charge < -0.3 is 15.1 Å². The Morgan fingerprint density at radius 3 is 2.74 bits per heavy atom. The fourth-order valence-corrected chi connectivity index (χ4v) is 3.22. The highest BCUT2D eigenvalue weighted by Crippen LogP contribution is 2.36. The number of rotatable bonds is 6. The Labute approximate surface area is 136 Å². The zero-order valence-electron chi connectivity index (χ0n) is 13.3. The van der Waals surface area contributed by atoms with E-state index in [1.54, 1.807) is 6.08 Å². The lowest BCUT2D eigenvalue weighted by Gasteiger charge is -2.16. The number of hydrogen-bond acceptors (Lipinski definition) is 1. The third-order valence-electron chi connectivity index (χ3n) is 4.35. The minimum atomic E-state index is 0.144. The fourth-order valence-electron chi connectivity index (χ4n) is 3.22. The maximum absolute atomic E-state index is 9.59. The van der Waals surface area contributed by atoms with E-state index < -0.39 is 0 Å². The summed E-state index contributed by atoms with van der Waals surface area (Å²) in [6.45, 7) is 5.97. The summed E-state index contributed by atoms with van der Waals surface area (Å²) in [5, 5.41) is 10.8. The monoisotopic (exact) mass is 306 g/mol. The Balaban J connectivity index is 2.13. The molecular formula is C20H22N2O. The summed E-state index contributed by atoms with van der Waals surface area (Å²) in [4.78, 5) is 6.66. The molecule has 0 saturated carbocycles. The topological polar surface area (TPSA) is 51.8 Å². The first-order chi connectivity index (χ1) is 11.3. The number of aliphatic hydroxyl groups is 1. The SMILES string of the molecule is C=C/C=C\c1c(C(CCO)c2c[nH]c3ccccc23)c[nH]c1C. The van der Waals surface area contributed by atoms with Gasteiger partial charge in [0.1, 0.15) is 0 Å². The van der Waals surface area contributed by atoms with Crippen LogP contribution in [0.15, 0.2) is 55.4 Å². The zero-order valence-corrected chi connectivity index (χ0v) is 13.3. The summed E-state index contributed by atoms with van der Waals surface area (Å²) in [5.41, 5.74) is 5.86. The number of benzene rings is 1. The Hall–Kier alpha value is -2.52. The maximum Gasteiger partial charge on any atom is 0.0457 e. The van der Waals surface area contributed by atoms with Gasteiger partial charge in [0, 0.05) is 41.5 Å². The highest BCUT2D eigenvalue weighted by atomic mass is 16.3. The van der Waals surface area contributed by atoms with Gasteiger partial charge in [0.05, 0.1) is 0 Å². The first-order valence-electron chi connectivity index (χ1n) is 7.90. The third-order valence-corrected chi connectivity index (χ3v) is 4.35. The first-order valence-corrected chi connectivity index (χ1v) is 7.90. The van der Waals surface area contributed by atoms with Crippen LogP contribution < -0.4 is 0 Å². The van der Waals surface area contributed by atoms with Crippen molar-refractivity contribution in [2.45, 2.75) is 19.3 Å². The predicted molar refractivity (Wildman–Crippen MR) is 96.6 cm³/mol. The third kappa shape index (κ3) is 2.88. The minimum absolute atomic E-state index is 0.144. The second-order valence-corrected chi connectivity index (χ2v) is 5.73. The quantitative estimate of drug-likeness (QED) is 0.576. The van der Waals surface area contributed by atoms with Crippen LogP contribution >= 0.6 is 0 Å². The van der Waals surface area contributed by atoms with Crippen molar-refractivity contribution in [2.75, 3.05) is 6.61 Å². The van der Waals surface area contributed by atoms with Crippen molar-refractivity contribution >= 4 is 17.0 Å². The van der Waals surface area contributed by atoms with E-state index in [-0.39, 0.29) is 12.5 Å². The molecule has 2 heterocycles. The number of nitrogens with one attached hydrogen (secondary N) is 2. The molecule has 0 radical (unpaired) electrons. The average molecular weight is 306 g/mol. The van der Waals surface area contributed by atoms with Gasteiger partial charge in [0.25, 0.3) is 0 Å². The second-order valence-electron chi connectivity index (χ2n) is 5.73. The van der Waals surface area contributed by atoms with E-state index in [1.165, 1.54) is 22.1 Å². The molecule has 0 spiro atoms. The first kappa shape index (κ1) is 15.4. The molecule has 0 amide bonds. The van der Waals surface area contributed by atoms with Crippen molar-refractivity contribution in [1.82, 2.24) is 9.97 Å². The van der Waals surface area contributed by atoms with Crippen LogP contribution in [0.3, 0.4) is 0 Å². The van der Waals surface area contributed by atoms with Gasteiger partial charge in [-0.05, 0) is 36.1 Å². The maximum atomic E-state index is 9.59. The summed E-state index contributed by atoms with van der Waals surface area (Å²) < 4.78 is 0. The van der Waals surface area contributed by atoms with Gasteiger partial charge in [-0.3, -0.25) is 0 Å². The average Bonchev–Trinajstić information content (AvgIpc) is 3.15. The van der Waals surface area contributed by atoms with Crippen LogP contribution in [0.5, 0.6) is 0 Å². The van der Waals surface area contributed by atoms with Gasteiger partial charge >= 0.3 is 0 Å². The lowest BCUT2D eigenvalue weighted by Crippen LogP contribution is -2.04. The number of H-pyrrole nitrogens is 2. The molecule has 3 aromatic rings. The zero-order chi connectivity index (χ0) is 16.2. The highest BCUT2D eigenvalue weighted by molar-refractivity contribution is 5.84. The van der Waals surface area contributed by atoms with E-state index in [1.807, 2.05) is 12.1 Å². The molecule has 3 N–H and O–H groups in total. The standard InChI is InChI=1S/C20H22N2O/c1-3-4-7-15-14(2)21-12-18(15)16(10-11-23)19-13-22-20-9-6-5-8-17(19)20/h3-9,12-13,16,21-23H,1,10-11H2,2H3/b7-4-.